The van der Waals surface area contributed by atoms with E-state index in [0.29, 0.717) is 16.1 Å². The summed E-state index contributed by atoms with van der Waals surface area (Å²) in [7, 11) is 0. The van der Waals surface area contributed by atoms with E-state index in [1.807, 2.05) is 0 Å². The van der Waals surface area contributed by atoms with Crippen LogP contribution in [0.3, 0.4) is 0 Å². The maximum Gasteiger partial charge on any atom is 0.362 e. The van der Waals surface area contributed by atoms with Gasteiger partial charge in [0, 0.05) is 23.1 Å². The molecule has 1 aromatic carbocycles. The minimum Gasteiger partial charge on any atom is -0.710 e. The lowest BCUT2D eigenvalue weighted by Crippen LogP contribution is -2.45. The molecule has 120 valence electrons. The van der Waals surface area contributed by atoms with E-state index in [1.54, 1.807) is 12.1 Å². The second kappa shape index (κ2) is 6.34. The lowest BCUT2D eigenvalue weighted by molar-refractivity contribution is -0.365. The molecule has 9 nitrogen and oxygen atoms in total. The number of aromatic nitrogens is 1. The first-order chi connectivity index (χ1) is 11.6. The zero-order valence-electron chi connectivity index (χ0n) is 12.2. The molecular formula is C15H11N5O4. The molecule has 1 N–H and O–H groups in total. The zero-order chi connectivity index (χ0) is 17.1. The van der Waals surface area contributed by atoms with Crippen molar-refractivity contribution in [2.75, 3.05) is 5.06 Å². The molecule has 1 aliphatic heterocycles. The summed E-state index contributed by atoms with van der Waals surface area (Å²) >= 11 is 0. The molecule has 2 aromatic rings. The van der Waals surface area contributed by atoms with E-state index in [2.05, 4.69) is 15.2 Å². The molecule has 0 bridgehead atoms. The number of anilines is 1. The summed E-state index contributed by atoms with van der Waals surface area (Å²) in [5.74, 6) is -1.11. The van der Waals surface area contributed by atoms with Crippen LogP contribution in [0.4, 0.5) is 11.4 Å². The van der Waals surface area contributed by atoms with E-state index in [-0.39, 0.29) is 16.9 Å². The summed E-state index contributed by atoms with van der Waals surface area (Å²) in [5.41, 5.74) is 0.471. The van der Waals surface area contributed by atoms with Crippen molar-refractivity contribution in [2.24, 2.45) is 10.2 Å². The average Bonchev–Trinajstić information content (AvgIpc) is 2.64. The van der Waals surface area contributed by atoms with Crippen molar-refractivity contribution >= 4 is 29.4 Å². The summed E-state index contributed by atoms with van der Waals surface area (Å²) in [6, 6.07) is 7.64. The first-order valence-corrected chi connectivity index (χ1v) is 6.86. The highest BCUT2D eigenvalue weighted by atomic mass is 16.5. The number of carbonyl (C=O) groups excluding carboxylic acids is 2. The lowest BCUT2D eigenvalue weighted by Gasteiger charge is -2.29. The molecular weight excluding hydrogens is 314 g/mol. The van der Waals surface area contributed by atoms with E-state index in [0.717, 1.165) is 0 Å². The van der Waals surface area contributed by atoms with Gasteiger partial charge in [0.2, 0.25) is 6.04 Å². The molecule has 0 aliphatic carbocycles. The van der Waals surface area contributed by atoms with Gasteiger partial charge in [-0.25, -0.2) is 9.80 Å². The number of aldehydes is 1. The summed E-state index contributed by atoms with van der Waals surface area (Å²) in [4.78, 5) is 27.0. The molecule has 3 rings (SSSR count). The fourth-order valence-corrected chi connectivity index (χ4v) is 2.20. The Hall–Kier alpha value is -3.46. The Balaban J connectivity index is 2.00. The van der Waals surface area contributed by atoms with Gasteiger partial charge in [-0.3, -0.25) is 15.0 Å². The molecule has 1 aromatic heterocycles. The van der Waals surface area contributed by atoms with Crippen molar-refractivity contribution in [3.05, 3.63) is 59.6 Å². The van der Waals surface area contributed by atoms with Gasteiger partial charge < -0.3 is 10.0 Å². The van der Waals surface area contributed by atoms with Crippen LogP contribution >= 0.6 is 0 Å². The molecule has 9 heteroatoms. The number of hydrogen-bond donors (Lipinski definition) is 1. The number of pyridine rings is 1. The number of fused-ring (bicyclic) bond motifs is 1. The quantitative estimate of drug-likeness (QED) is 0.388. The van der Waals surface area contributed by atoms with E-state index in [1.165, 1.54) is 36.7 Å². The van der Waals surface area contributed by atoms with Gasteiger partial charge in [-0.05, 0) is 24.3 Å². The summed E-state index contributed by atoms with van der Waals surface area (Å²) in [5, 5.41) is 30.2. The third-order valence-corrected chi connectivity index (χ3v) is 3.38. The molecule has 24 heavy (non-hydrogen) atoms. The normalized spacial score (nSPS) is 17.0. The smallest absolute Gasteiger partial charge is 0.362 e. The second-order valence-electron chi connectivity index (χ2n) is 4.81. The Morgan fingerprint density at radius 2 is 2.00 bits per heavy atom. The van der Waals surface area contributed by atoms with Crippen LogP contribution in [0.25, 0.3) is 0 Å². The fourth-order valence-electron chi connectivity index (χ4n) is 2.20. The topological polar surface area (TPSA) is 121 Å². The van der Waals surface area contributed by atoms with Crippen molar-refractivity contribution < 1.29 is 19.5 Å². The van der Waals surface area contributed by atoms with E-state index >= 15 is 0 Å². The molecule has 1 amide bonds. The summed E-state index contributed by atoms with van der Waals surface area (Å²) in [6.07, 6.45) is 3.17. The summed E-state index contributed by atoms with van der Waals surface area (Å²) in [6.45, 7) is 0. The van der Waals surface area contributed by atoms with Gasteiger partial charge in [-0.2, -0.15) is 0 Å². The van der Waals surface area contributed by atoms with E-state index < -0.39 is 17.8 Å². The van der Waals surface area contributed by atoms with Gasteiger partial charge in [-0.1, -0.05) is 12.1 Å². The number of amidine groups is 1. The van der Waals surface area contributed by atoms with E-state index in [9.17, 15) is 20.0 Å². The van der Waals surface area contributed by atoms with Crippen LogP contribution in [0.15, 0.2) is 59.0 Å². The van der Waals surface area contributed by atoms with Gasteiger partial charge >= 0.3 is 11.7 Å². The predicted molar refractivity (Wildman–Crippen MR) is 82.3 cm³/mol. The van der Waals surface area contributed by atoms with Crippen LogP contribution in [-0.4, -0.2) is 39.0 Å². The minimum atomic E-state index is -1.37. The minimum absolute atomic E-state index is 0.0865. The fraction of sp³-hybridized carbons (Fsp3) is 0.0667. The van der Waals surface area contributed by atoms with Crippen LogP contribution in [0.2, 0.25) is 0 Å². The van der Waals surface area contributed by atoms with Gasteiger partial charge in [0.05, 0.1) is 5.11 Å². The van der Waals surface area contributed by atoms with Crippen molar-refractivity contribution in [3.63, 3.8) is 0 Å². The number of amides is 1. The third kappa shape index (κ3) is 2.63. The first-order valence-electron chi connectivity index (χ1n) is 6.86. The third-order valence-electron chi connectivity index (χ3n) is 3.38. The highest BCUT2D eigenvalue weighted by Gasteiger charge is 2.37. The number of benzene rings is 1. The van der Waals surface area contributed by atoms with Crippen molar-refractivity contribution in [1.29, 1.82) is 0 Å². The molecule has 0 saturated carbocycles. The highest BCUT2D eigenvalue weighted by Crippen LogP contribution is 2.32. The molecule has 0 radical (unpaired) electrons. The molecule has 1 unspecified atom stereocenters. The van der Waals surface area contributed by atoms with E-state index in [4.69, 9.17) is 0 Å². The summed E-state index contributed by atoms with van der Waals surface area (Å²) < 4.78 is 0.366. The zero-order valence-corrected chi connectivity index (χ0v) is 12.2. The maximum atomic E-state index is 12.4. The van der Waals surface area contributed by atoms with Gasteiger partial charge in [0.15, 0.2) is 12.0 Å². The second-order valence-corrected chi connectivity index (χ2v) is 4.81. The molecule has 0 spiro atoms. The largest absolute Gasteiger partial charge is 0.710 e. The predicted octanol–water partition coefficient (Wildman–Crippen LogP) is 1.69. The molecule has 0 saturated heterocycles. The van der Waals surface area contributed by atoms with Crippen LogP contribution < -0.4 is 5.06 Å². The monoisotopic (exact) mass is 325 g/mol. The Morgan fingerprint density at radius 1 is 1.29 bits per heavy atom. The van der Waals surface area contributed by atoms with Crippen molar-refractivity contribution in [3.8, 4) is 0 Å². The van der Waals surface area contributed by atoms with Gasteiger partial charge in [0.1, 0.15) is 5.69 Å². The molecule has 2 heterocycles. The highest BCUT2D eigenvalue weighted by molar-refractivity contribution is 6.03. The number of hydrogen-bond acceptors (Lipinski definition) is 7. The van der Waals surface area contributed by atoms with Crippen molar-refractivity contribution in [1.82, 2.24) is 4.98 Å². The first kappa shape index (κ1) is 15.4. The number of hydroxylamine groups is 1. The Morgan fingerprint density at radius 3 is 2.71 bits per heavy atom. The number of nitrogens with zero attached hydrogens (tertiary/aromatic N) is 5. The SMILES string of the molecule is O=CC1C(N=NC(=O)c2ccncc2)=[N+]([O-])c2ccccc2N1O. The van der Waals surface area contributed by atoms with Gasteiger partial charge in [-0.15, -0.1) is 0 Å². The number of para-hydroxylation sites is 2. The standard InChI is InChI=1S/C15H11N5O4/c21-9-13-14(17-18-15(22)10-5-7-16-8-6-10)20(24)12-4-2-1-3-11(12)19(13)23/h1-9,13,23H. The molecule has 0 fully saturated rings. The Kier molecular flexibility index (Phi) is 4.08. The lowest BCUT2D eigenvalue weighted by atomic mass is 10.1. The maximum absolute atomic E-state index is 12.4. The Labute approximate surface area is 135 Å². The molecule has 1 atom stereocenters. The number of azo groups is 1. The van der Waals surface area contributed by atoms with Gasteiger partial charge in [0.25, 0.3) is 0 Å². The molecule has 1 aliphatic rings. The van der Waals surface area contributed by atoms with Crippen LogP contribution in [0, 0.1) is 5.21 Å². The number of carbonyl (C=O) groups is 2. The van der Waals surface area contributed by atoms with Crippen LogP contribution in [0.5, 0.6) is 0 Å². The van der Waals surface area contributed by atoms with Crippen molar-refractivity contribution in [2.45, 2.75) is 6.04 Å². The van der Waals surface area contributed by atoms with Crippen LogP contribution in [-0.2, 0) is 4.79 Å². The average molecular weight is 325 g/mol. The number of rotatable bonds is 2. The van der Waals surface area contributed by atoms with Crippen LogP contribution in [0.1, 0.15) is 10.4 Å². The Bertz CT molecular complexity index is 850.